The molecule has 3 rings (SSSR count). The van der Waals surface area contributed by atoms with Gasteiger partial charge in [-0.25, -0.2) is 4.79 Å². The lowest BCUT2D eigenvalue weighted by atomic mass is 10.2. The summed E-state index contributed by atoms with van der Waals surface area (Å²) >= 11 is 0. The SMILES string of the molecule is O=C(O)c1ccccc1N=Nc1ccc(O)c(C=Nc2ccc(O)cc2)c1. The smallest absolute Gasteiger partial charge is 0.337 e. The molecule has 0 aromatic heterocycles. The van der Waals surface area contributed by atoms with E-state index in [1.54, 1.807) is 42.5 Å². The molecular weight excluding hydrogens is 346 g/mol. The van der Waals surface area contributed by atoms with Crippen molar-refractivity contribution in [3.63, 3.8) is 0 Å². The van der Waals surface area contributed by atoms with E-state index in [0.717, 1.165) is 0 Å². The number of phenols is 2. The molecule has 0 radical (unpaired) electrons. The van der Waals surface area contributed by atoms with Gasteiger partial charge >= 0.3 is 5.97 Å². The minimum Gasteiger partial charge on any atom is -0.508 e. The summed E-state index contributed by atoms with van der Waals surface area (Å²) in [6, 6.07) is 17.2. The molecule has 0 spiro atoms. The monoisotopic (exact) mass is 361 g/mol. The Balaban J connectivity index is 1.85. The first kappa shape index (κ1) is 17.8. The fourth-order valence-corrected chi connectivity index (χ4v) is 2.24. The molecule has 0 atom stereocenters. The maximum atomic E-state index is 11.2. The van der Waals surface area contributed by atoms with Gasteiger partial charge in [0.25, 0.3) is 0 Å². The molecule has 0 aliphatic heterocycles. The maximum absolute atomic E-state index is 11.2. The lowest BCUT2D eigenvalue weighted by Crippen LogP contribution is -1.95. The number of phenolic OH excluding ortho intramolecular Hbond substituents is 2. The Morgan fingerprint density at radius 1 is 0.852 bits per heavy atom. The topological polar surface area (TPSA) is 115 Å². The maximum Gasteiger partial charge on any atom is 0.337 e. The zero-order valence-electron chi connectivity index (χ0n) is 14.0. The molecule has 0 fully saturated rings. The van der Waals surface area contributed by atoms with Gasteiger partial charge in [0.2, 0.25) is 0 Å². The predicted molar refractivity (Wildman–Crippen MR) is 101 cm³/mol. The highest BCUT2D eigenvalue weighted by molar-refractivity contribution is 5.93. The van der Waals surface area contributed by atoms with Crippen LogP contribution in [0.25, 0.3) is 0 Å². The lowest BCUT2D eigenvalue weighted by molar-refractivity contribution is 0.0697. The van der Waals surface area contributed by atoms with E-state index in [2.05, 4.69) is 15.2 Å². The van der Waals surface area contributed by atoms with Crippen molar-refractivity contribution in [2.75, 3.05) is 0 Å². The first-order valence-electron chi connectivity index (χ1n) is 7.93. The van der Waals surface area contributed by atoms with Crippen LogP contribution < -0.4 is 0 Å². The third kappa shape index (κ3) is 4.55. The van der Waals surface area contributed by atoms with Crippen LogP contribution >= 0.6 is 0 Å². The van der Waals surface area contributed by atoms with E-state index >= 15 is 0 Å². The van der Waals surface area contributed by atoms with Gasteiger partial charge in [0.05, 0.1) is 16.9 Å². The fourth-order valence-electron chi connectivity index (χ4n) is 2.24. The summed E-state index contributed by atoms with van der Waals surface area (Å²) in [5.74, 6) is -0.930. The quantitative estimate of drug-likeness (QED) is 0.440. The number of benzene rings is 3. The molecule has 3 aromatic rings. The molecule has 3 aromatic carbocycles. The Morgan fingerprint density at radius 2 is 1.56 bits per heavy atom. The molecule has 0 aliphatic carbocycles. The number of carboxylic acid groups (broad SMARTS) is 1. The van der Waals surface area contributed by atoms with E-state index in [9.17, 15) is 20.1 Å². The Bertz CT molecular complexity index is 1030. The van der Waals surface area contributed by atoms with Crippen molar-refractivity contribution in [1.29, 1.82) is 0 Å². The van der Waals surface area contributed by atoms with Gasteiger partial charge in [-0.15, -0.1) is 5.11 Å². The first-order chi connectivity index (χ1) is 13.0. The molecule has 0 aliphatic rings. The molecule has 7 heteroatoms. The molecule has 0 amide bonds. The fraction of sp³-hybridized carbons (Fsp3) is 0. The van der Waals surface area contributed by atoms with Crippen molar-refractivity contribution in [1.82, 2.24) is 0 Å². The molecule has 0 bridgehead atoms. The zero-order chi connectivity index (χ0) is 19.2. The average Bonchev–Trinajstić information content (AvgIpc) is 2.67. The summed E-state index contributed by atoms with van der Waals surface area (Å²) in [6.45, 7) is 0. The number of aromatic carboxylic acids is 1. The van der Waals surface area contributed by atoms with E-state index in [1.165, 1.54) is 30.5 Å². The average molecular weight is 361 g/mol. The standard InChI is InChI=1S/C20H15N3O4/c24-16-8-5-14(6-9-16)21-12-13-11-15(7-10-19(13)25)22-23-18-4-2-1-3-17(18)20(26)27/h1-12,24-25H,(H,26,27). The largest absolute Gasteiger partial charge is 0.508 e. The number of aromatic hydroxyl groups is 2. The predicted octanol–water partition coefficient (Wildman–Crippen LogP) is 4.96. The van der Waals surface area contributed by atoms with Gasteiger partial charge in [-0.05, 0) is 54.6 Å². The van der Waals surface area contributed by atoms with Crippen molar-refractivity contribution >= 4 is 29.2 Å². The molecule has 0 saturated carbocycles. The summed E-state index contributed by atoms with van der Waals surface area (Å²) in [6.07, 6.45) is 1.46. The van der Waals surface area contributed by atoms with E-state index in [1.807, 2.05) is 0 Å². The summed E-state index contributed by atoms with van der Waals surface area (Å²) in [5, 5.41) is 36.5. The number of hydrogen-bond acceptors (Lipinski definition) is 6. The van der Waals surface area contributed by atoms with Crippen LogP contribution in [0.3, 0.4) is 0 Å². The van der Waals surface area contributed by atoms with Crippen LogP contribution in [0, 0.1) is 0 Å². The van der Waals surface area contributed by atoms with E-state index in [0.29, 0.717) is 16.9 Å². The molecular formula is C20H15N3O4. The molecule has 27 heavy (non-hydrogen) atoms. The minimum absolute atomic E-state index is 0.0161. The number of nitrogens with zero attached hydrogens (tertiary/aromatic N) is 3. The molecule has 0 heterocycles. The van der Waals surface area contributed by atoms with E-state index < -0.39 is 5.97 Å². The third-order valence-corrected chi connectivity index (χ3v) is 3.62. The minimum atomic E-state index is -1.09. The molecule has 0 saturated heterocycles. The van der Waals surface area contributed by atoms with Gasteiger partial charge in [0, 0.05) is 11.8 Å². The van der Waals surface area contributed by atoms with Crippen LogP contribution in [-0.2, 0) is 0 Å². The highest BCUT2D eigenvalue weighted by atomic mass is 16.4. The van der Waals surface area contributed by atoms with Crippen LogP contribution in [0.5, 0.6) is 11.5 Å². The van der Waals surface area contributed by atoms with Crippen molar-refractivity contribution < 1.29 is 20.1 Å². The second kappa shape index (κ2) is 7.92. The first-order valence-corrected chi connectivity index (χ1v) is 7.93. The Morgan fingerprint density at radius 3 is 2.30 bits per heavy atom. The zero-order valence-corrected chi connectivity index (χ0v) is 14.0. The van der Waals surface area contributed by atoms with Crippen LogP contribution in [-0.4, -0.2) is 27.5 Å². The lowest BCUT2D eigenvalue weighted by Gasteiger charge is -2.01. The number of hydrogen-bond donors (Lipinski definition) is 3. The number of carbonyl (C=O) groups is 1. The van der Waals surface area contributed by atoms with E-state index in [-0.39, 0.29) is 22.7 Å². The van der Waals surface area contributed by atoms with Gasteiger partial charge in [-0.2, -0.15) is 5.11 Å². The van der Waals surface area contributed by atoms with Gasteiger partial charge < -0.3 is 15.3 Å². The van der Waals surface area contributed by atoms with Crippen LogP contribution in [0.2, 0.25) is 0 Å². The molecule has 0 unspecified atom stereocenters. The van der Waals surface area contributed by atoms with Crippen molar-refractivity contribution in [2.45, 2.75) is 0 Å². The summed E-state index contributed by atoms with van der Waals surface area (Å²) in [7, 11) is 0. The van der Waals surface area contributed by atoms with Gasteiger partial charge in [0.1, 0.15) is 17.2 Å². The van der Waals surface area contributed by atoms with Gasteiger partial charge in [-0.3, -0.25) is 4.99 Å². The van der Waals surface area contributed by atoms with Gasteiger partial charge in [-0.1, -0.05) is 12.1 Å². The Labute approximate surface area is 154 Å². The Hall–Kier alpha value is -4.00. The third-order valence-electron chi connectivity index (χ3n) is 3.62. The van der Waals surface area contributed by atoms with Crippen LogP contribution in [0.1, 0.15) is 15.9 Å². The molecule has 7 nitrogen and oxygen atoms in total. The molecule has 134 valence electrons. The highest BCUT2D eigenvalue weighted by Crippen LogP contribution is 2.26. The summed E-state index contributed by atoms with van der Waals surface area (Å²) in [4.78, 5) is 15.4. The van der Waals surface area contributed by atoms with Crippen LogP contribution in [0.15, 0.2) is 82.0 Å². The second-order valence-corrected chi connectivity index (χ2v) is 5.54. The number of aliphatic imine (C=N–C) groups is 1. The van der Waals surface area contributed by atoms with Crippen molar-refractivity contribution in [3.8, 4) is 11.5 Å². The number of carboxylic acids is 1. The highest BCUT2D eigenvalue weighted by Gasteiger charge is 2.08. The normalized spacial score (nSPS) is 11.3. The number of rotatable bonds is 5. The van der Waals surface area contributed by atoms with Crippen molar-refractivity contribution in [2.24, 2.45) is 15.2 Å². The summed E-state index contributed by atoms with van der Waals surface area (Å²) in [5.41, 5.74) is 1.74. The number of azo groups is 1. The molecule has 3 N–H and O–H groups in total. The summed E-state index contributed by atoms with van der Waals surface area (Å²) < 4.78 is 0. The van der Waals surface area contributed by atoms with Crippen molar-refractivity contribution in [3.05, 3.63) is 77.9 Å². The second-order valence-electron chi connectivity index (χ2n) is 5.54. The van der Waals surface area contributed by atoms with Gasteiger partial charge in [0.15, 0.2) is 0 Å². The van der Waals surface area contributed by atoms with Crippen LogP contribution in [0.4, 0.5) is 17.1 Å². The van der Waals surface area contributed by atoms with E-state index in [4.69, 9.17) is 0 Å². The Kier molecular flexibility index (Phi) is 5.22.